The molecule has 0 saturated heterocycles. The van der Waals surface area contributed by atoms with Gasteiger partial charge in [0, 0.05) is 11.9 Å². The fourth-order valence-electron chi connectivity index (χ4n) is 1.10. The lowest BCUT2D eigenvalue weighted by Gasteiger charge is -2.16. The van der Waals surface area contributed by atoms with Crippen LogP contribution in [0.1, 0.15) is 20.8 Å². The second-order valence-corrected chi connectivity index (χ2v) is 3.10. The maximum Gasteiger partial charge on any atom is 0.418 e. The molecule has 0 radical (unpaired) electrons. The first-order chi connectivity index (χ1) is 6.65. The van der Waals surface area contributed by atoms with E-state index >= 15 is 0 Å². The lowest BCUT2D eigenvalue weighted by atomic mass is 10.3. The molecule has 1 rings (SSSR count). The highest BCUT2D eigenvalue weighted by Crippen LogP contribution is 2.13. The van der Waals surface area contributed by atoms with Gasteiger partial charge in [-0.2, -0.15) is 0 Å². The number of allylic oxidation sites excluding steroid dienone is 5. The highest BCUT2D eigenvalue weighted by molar-refractivity contribution is 5.71. The molecule has 0 aromatic carbocycles. The van der Waals surface area contributed by atoms with Crippen LogP contribution in [0.4, 0.5) is 4.79 Å². The zero-order valence-electron chi connectivity index (χ0n) is 8.78. The van der Waals surface area contributed by atoms with Gasteiger partial charge in [0.25, 0.3) is 0 Å². The van der Waals surface area contributed by atoms with Gasteiger partial charge in [-0.15, -0.1) is 0 Å². The Balaban J connectivity index is 2.81. The molecule has 0 aromatic rings. The second-order valence-electron chi connectivity index (χ2n) is 3.10. The van der Waals surface area contributed by atoms with Gasteiger partial charge >= 0.3 is 6.09 Å². The fraction of sp³-hybridized carbons (Fsp3) is 0.364. The molecule has 1 amide bonds. The third-order valence-corrected chi connectivity index (χ3v) is 1.92. The predicted octanol–water partition coefficient (Wildman–Crippen LogP) is 2.82. The van der Waals surface area contributed by atoms with Crippen molar-refractivity contribution >= 4 is 6.09 Å². The van der Waals surface area contributed by atoms with E-state index in [1.165, 1.54) is 4.90 Å². The van der Waals surface area contributed by atoms with Gasteiger partial charge in [-0.3, -0.25) is 4.90 Å². The van der Waals surface area contributed by atoms with Crippen LogP contribution in [-0.4, -0.2) is 17.6 Å². The molecule has 14 heavy (non-hydrogen) atoms. The summed E-state index contributed by atoms with van der Waals surface area (Å²) < 4.78 is 4.91. The Hall–Kier alpha value is -1.51. The SMILES string of the molecule is CCOC(=O)N1C=CC(C)=CC=C1C. The van der Waals surface area contributed by atoms with Crippen LogP contribution in [0.3, 0.4) is 0 Å². The average molecular weight is 193 g/mol. The topological polar surface area (TPSA) is 29.5 Å². The molecule has 1 aliphatic heterocycles. The van der Waals surface area contributed by atoms with Crippen LogP contribution >= 0.6 is 0 Å². The van der Waals surface area contributed by atoms with Gasteiger partial charge in [-0.1, -0.05) is 6.08 Å². The molecule has 0 aliphatic carbocycles. The Morgan fingerprint density at radius 3 is 2.79 bits per heavy atom. The normalized spacial score (nSPS) is 15.8. The van der Waals surface area contributed by atoms with Crippen LogP contribution in [-0.2, 0) is 4.74 Å². The number of hydrogen-bond donors (Lipinski definition) is 0. The Morgan fingerprint density at radius 1 is 1.43 bits per heavy atom. The molecule has 0 fully saturated rings. The van der Waals surface area contributed by atoms with Crippen LogP contribution in [0.15, 0.2) is 35.7 Å². The third kappa shape index (κ3) is 2.49. The van der Waals surface area contributed by atoms with E-state index < -0.39 is 0 Å². The van der Waals surface area contributed by atoms with Crippen molar-refractivity contribution in [2.24, 2.45) is 0 Å². The maximum absolute atomic E-state index is 11.5. The molecular weight excluding hydrogens is 178 g/mol. The Morgan fingerprint density at radius 2 is 2.14 bits per heavy atom. The van der Waals surface area contributed by atoms with Crippen LogP contribution < -0.4 is 0 Å². The summed E-state index contributed by atoms with van der Waals surface area (Å²) in [6.45, 7) is 6.04. The Bertz CT molecular complexity index is 313. The van der Waals surface area contributed by atoms with E-state index in [0.29, 0.717) is 6.61 Å². The molecule has 0 spiro atoms. The molecular formula is C11H15NO2. The Labute approximate surface area is 84.3 Å². The van der Waals surface area contributed by atoms with Crippen molar-refractivity contribution in [2.75, 3.05) is 6.61 Å². The van der Waals surface area contributed by atoms with Gasteiger partial charge in [-0.05, 0) is 38.5 Å². The van der Waals surface area contributed by atoms with Crippen molar-refractivity contribution in [3.63, 3.8) is 0 Å². The van der Waals surface area contributed by atoms with Crippen molar-refractivity contribution in [1.82, 2.24) is 4.90 Å². The first kappa shape index (κ1) is 10.6. The van der Waals surface area contributed by atoms with Gasteiger partial charge in [0.05, 0.1) is 6.61 Å². The number of ether oxygens (including phenoxy) is 1. The number of amides is 1. The summed E-state index contributed by atoms with van der Waals surface area (Å²) in [5.41, 5.74) is 1.97. The lowest BCUT2D eigenvalue weighted by Crippen LogP contribution is -2.24. The van der Waals surface area contributed by atoms with E-state index in [9.17, 15) is 4.79 Å². The van der Waals surface area contributed by atoms with Crippen LogP contribution in [0.25, 0.3) is 0 Å². The minimum Gasteiger partial charge on any atom is -0.449 e. The quantitative estimate of drug-likeness (QED) is 0.640. The number of hydrogen-bond acceptors (Lipinski definition) is 2. The fourth-order valence-corrected chi connectivity index (χ4v) is 1.10. The summed E-state index contributed by atoms with van der Waals surface area (Å²) >= 11 is 0. The minimum absolute atomic E-state index is 0.333. The minimum atomic E-state index is -0.333. The first-order valence-corrected chi connectivity index (χ1v) is 4.64. The Kier molecular flexibility index (Phi) is 3.51. The van der Waals surface area contributed by atoms with Gasteiger partial charge in [0.15, 0.2) is 0 Å². The highest BCUT2D eigenvalue weighted by atomic mass is 16.6. The maximum atomic E-state index is 11.5. The number of carbonyl (C=O) groups is 1. The van der Waals surface area contributed by atoms with Crippen LogP contribution in [0, 0.1) is 0 Å². The molecule has 1 heterocycles. The molecule has 0 bridgehead atoms. The third-order valence-electron chi connectivity index (χ3n) is 1.92. The van der Waals surface area contributed by atoms with Crippen molar-refractivity contribution in [2.45, 2.75) is 20.8 Å². The van der Waals surface area contributed by atoms with Crippen molar-refractivity contribution in [3.8, 4) is 0 Å². The summed E-state index contributed by atoms with van der Waals surface area (Å²) in [4.78, 5) is 13.0. The molecule has 0 N–H and O–H groups in total. The van der Waals surface area contributed by atoms with Gasteiger partial charge < -0.3 is 4.74 Å². The summed E-state index contributed by atoms with van der Waals surface area (Å²) in [6.07, 6.45) is 7.13. The van der Waals surface area contributed by atoms with Gasteiger partial charge in [0.2, 0.25) is 0 Å². The van der Waals surface area contributed by atoms with E-state index in [-0.39, 0.29) is 6.09 Å². The zero-order valence-corrected chi connectivity index (χ0v) is 8.78. The monoisotopic (exact) mass is 193 g/mol. The highest BCUT2D eigenvalue weighted by Gasteiger charge is 2.13. The van der Waals surface area contributed by atoms with Crippen molar-refractivity contribution in [3.05, 3.63) is 35.7 Å². The zero-order chi connectivity index (χ0) is 10.6. The lowest BCUT2D eigenvalue weighted by molar-refractivity contribution is 0.130. The van der Waals surface area contributed by atoms with Gasteiger partial charge in [0.1, 0.15) is 0 Å². The molecule has 0 unspecified atom stereocenters. The smallest absolute Gasteiger partial charge is 0.418 e. The van der Waals surface area contributed by atoms with Crippen LogP contribution in [0.5, 0.6) is 0 Å². The molecule has 3 nitrogen and oxygen atoms in total. The van der Waals surface area contributed by atoms with E-state index in [1.54, 1.807) is 13.1 Å². The van der Waals surface area contributed by atoms with Gasteiger partial charge in [-0.25, -0.2) is 4.79 Å². The summed E-state index contributed by atoms with van der Waals surface area (Å²) in [5.74, 6) is 0. The van der Waals surface area contributed by atoms with E-state index in [0.717, 1.165) is 11.3 Å². The van der Waals surface area contributed by atoms with Crippen LogP contribution in [0.2, 0.25) is 0 Å². The first-order valence-electron chi connectivity index (χ1n) is 4.64. The predicted molar refractivity (Wildman–Crippen MR) is 55.5 cm³/mol. The number of rotatable bonds is 1. The van der Waals surface area contributed by atoms with E-state index in [1.807, 2.05) is 32.1 Å². The summed E-state index contributed by atoms with van der Waals surface area (Å²) in [6, 6.07) is 0. The van der Waals surface area contributed by atoms with Crippen molar-refractivity contribution in [1.29, 1.82) is 0 Å². The molecule has 3 heteroatoms. The second kappa shape index (κ2) is 4.65. The largest absolute Gasteiger partial charge is 0.449 e. The van der Waals surface area contributed by atoms with Crippen molar-refractivity contribution < 1.29 is 9.53 Å². The molecule has 76 valence electrons. The average Bonchev–Trinajstić information content (AvgIpc) is 2.30. The number of nitrogens with zero attached hydrogens (tertiary/aromatic N) is 1. The summed E-state index contributed by atoms with van der Waals surface area (Å²) in [5, 5.41) is 0. The molecule has 0 saturated carbocycles. The molecule has 0 aromatic heterocycles. The molecule has 1 aliphatic rings. The molecule has 0 atom stereocenters. The van der Waals surface area contributed by atoms with E-state index in [4.69, 9.17) is 4.74 Å². The number of carbonyl (C=O) groups excluding carboxylic acids is 1. The standard InChI is InChI=1S/C11H15NO2/c1-4-14-11(13)12-8-7-9(2)5-6-10(12)3/h5-8H,4H2,1-3H3. The van der Waals surface area contributed by atoms with E-state index in [2.05, 4.69) is 0 Å². The summed E-state index contributed by atoms with van der Waals surface area (Å²) in [7, 11) is 0.